The van der Waals surface area contributed by atoms with Gasteiger partial charge in [0.2, 0.25) is 10.0 Å². The summed E-state index contributed by atoms with van der Waals surface area (Å²) in [5, 5.41) is 0. The van der Waals surface area contributed by atoms with Gasteiger partial charge in [0.1, 0.15) is 0 Å². The summed E-state index contributed by atoms with van der Waals surface area (Å²) in [5.41, 5.74) is 6.00. The molecular weight excluding hydrogens is 402 g/mol. The third kappa shape index (κ3) is 5.90. The molecule has 1 aromatic rings. The monoisotopic (exact) mass is 433 g/mol. The van der Waals surface area contributed by atoms with Crippen molar-refractivity contribution in [3.05, 3.63) is 29.8 Å². The highest BCUT2D eigenvalue weighted by atomic mass is 35.5. The Kier molecular flexibility index (Phi) is 8.47. The van der Waals surface area contributed by atoms with E-state index in [0.29, 0.717) is 31.7 Å². The molecule has 2 N–H and O–H groups in total. The van der Waals surface area contributed by atoms with E-state index in [-0.39, 0.29) is 40.8 Å². The first kappa shape index (κ1) is 24.8. The maximum atomic E-state index is 12.9. The molecule has 0 saturated carbocycles. The number of ether oxygens (including phenoxy) is 1. The van der Waals surface area contributed by atoms with E-state index in [0.717, 1.165) is 0 Å². The van der Waals surface area contributed by atoms with Crippen LogP contribution in [0.25, 0.3) is 0 Å². The standard InChI is InChI=1S/C19H31N3O4S.ClH/c1-14-10-22(11-15(2)26-14)27(24,25)17-8-6-16(7-9-17)18(23)21(5)13-19(3,4)12-20;/h6-9,14-15H,10-13,20H2,1-5H3;1H. The van der Waals surface area contributed by atoms with E-state index in [2.05, 4.69) is 0 Å². The zero-order valence-electron chi connectivity index (χ0n) is 17.2. The number of hydrogen-bond acceptors (Lipinski definition) is 5. The molecule has 2 unspecified atom stereocenters. The predicted molar refractivity (Wildman–Crippen MR) is 112 cm³/mol. The van der Waals surface area contributed by atoms with Crippen LogP contribution in [-0.4, -0.2) is 69.0 Å². The Hall–Kier alpha value is -1.19. The van der Waals surface area contributed by atoms with Crippen LogP contribution in [0.1, 0.15) is 38.1 Å². The minimum absolute atomic E-state index is 0. The molecule has 0 aliphatic carbocycles. The van der Waals surface area contributed by atoms with Gasteiger partial charge in [0.15, 0.2) is 0 Å². The Morgan fingerprint density at radius 3 is 2.18 bits per heavy atom. The molecule has 160 valence electrons. The van der Waals surface area contributed by atoms with Crippen molar-refractivity contribution in [1.29, 1.82) is 0 Å². The van der Waals surface area contributed by atoms with E-state index in [9.17, 15) is 13.2 Å². The molecule has 1 saturated heterocycles. The summed E-state index contributed by atoms with van der Waals surface area (Å²) in [7, 11) is -1.89. The number of amides is 1. The number of halogens is 1. The molecule has 1 aliphatic heterocycles. The highest BCUT2D eigenvalue weighted by Gasteiger charge is 2.32. The summed E-state index contributed by atoms with van der Waals surface area (Å²) in [6, 6.07) is 6.12. The molecule has 1 amide bonds. The van der Waals surface area contributed by atoms with Crippen LogP contribution in [0.3, 0.4) is 0 Å². The number of sulfonamides is 1. The molecule has 28 heavy (non-hydrogen) atoms. The summed E-state index contributed by atoms with van der Waals surface area (Å²) in [4.78, 5) is 14.4. The molecule has 0 bridgehead atoms. The Morgan fingerprint density at radius 1 is 1.21 bits per heavy atom. The van der Waals surface area contributed by atoms with Gasteiger partial charge in [-0.25, -0.2) is 8.42 Å². The van der Waals surface area contributed by atoms with Gasteiger partial charge < -0.3 is 15.4 Å². The molecule has 1 aliphatic rings. The largest absolute Gasteiger partial charge is 0.373 e. The highest BCUT2D eigenvalue weighted by Crippen LogP contribution is 2.22. The average Bonchev–Trinajstić information content (AvgIpc) is 2.60. The summed E-state index contributed by atoms with van der Waals surface area (Å²) < 4.78 is 32.8. The van der Waals surface area contributed by atoms with Crippen molar-refractivity contribution >= 4 is 28.3 Å². The second-order valence-corrected chi connectivity index (χ2v) is 10.1. The van der Waals surface area contributed by atoms with Crippen LogP contribution in [0.4, 0.5) is 0 Å². The Labute approximate surface area is 174 Å². The lowest BCUT2D eigenvalue weighted by molar-refractivity contribution is -0.0440. The number of rotatable bonds is 6. The van der Waals surface area contributed by atoms with Crippen LogP contribution in [-0.2, 0) is 14.8 Å². The van der Waals surface area contributed by atoms with Crippen molar-refractivity contribution < 1.29 is 17.9 Å². The van der Waals surface area contributed by atoms with Gasteiger partial charge in [-0.1, -0.05) is 13.8 Å². The first-order valence-electron chi connectivity index (χ1n) is 9.17. The quantitative estimate of drug-likeness (QED) is 0.740. The van der Waals surface area contributed by atoms with Crippen LogP contribution in [0, 0.1) is 5.41 Å². The van der Waals surface area contributed by atoms with Crippen LogP contribution in [0.15, 0.2) is 29.2 Å². The van der Waals surface area contributed by atoms with Crippen molar-refractivity contribution in [3.63, 3.8) is 0 Å². The minimum Gasteiger partial charge on any atom is -0.373 e. The number of carbonyl (C=O) groups is 1. The van der Waals surface area contributed by atoms with E-state index in [1.54, 1.807) is 24.1 Å². The molecule has 9 heteroatoms. The Bertz CT molecular complexity index is 758. The predicted octanol–water partition coefficient (Wildman–Crippen LogP) is 1.96. The average molecular weight is 434 g/mol. The number of benzene rings is 1. The third-order valence-corrected chi connectivity index (χ3v) is 6.54. The van der Waals surface area contributed by atoms with Gasteiger partial charge in [-0.05, 0) is 50.1 Å². The van der Waals surface area contributed by atoms with E-state index in [1.165, 1.54) is 16.4 Å². The van der Waals surface area contributed by atoms with Gasteiger partial charge in [-0.15, -0.1) is 12.4 Å². The zero-order chi connectivity index (χ0) is 20.4. The molecule has 0 radical (unpaired) electrons. The normalized spacial score (nSPS) is 21.1. The molecule has 2 rings (SSSR count). The van der Waals surface area contributed by atoms with E-state index in [1.807, 2.05) is 27.7 Å². The van der Waals surface area contributed by atoms with Crippen LogP contribution in [0.2, 0.25) is 0 Å². The number of hydrogen-bond donors (Lipinski definition) is 1. The fraction of sp³-hybridized carbons (Fsp3) is 0.632. The first-order chi connectivity index (χ1) is 12.5. The van der Waals surface area contributed by atoms with E-state index < -0.39 is 10.0 Å². The molecular formula is C19H32ClN3O4S. The maximum Gasteiger partial charge on any atom is 0.253 e. The smallest absolute Gasteiger partial charge is 0.253 e. The molecule has 0 spiro atoms. The van der Waals surface area contributed by atoms with Gasteiger partial charge in [0.25, 0.3) is 5.91 Å². The van der Waals surface area contributed by atoms with Crippen LogP contribution >= 0.6 is 12.4 Å². The molecule has 7 nitrogen and oxygen atoms in total. The van der Waals surface area contributed by atoms with Gasteiger partial charge in [0, 0.05) is 32.2 Å². The van der Waals surface area contributed by atoms with Crippen molar-refractivity contribution in [1.82, 2.24) is 9.21 Å². The summed E-state index contributed by atoms with van der Waals surface area (Å²) in [6.07, 6.45) is -0.298. The summed E-state index contributed by atoms with van der Waals surface area (Å²) >= 11 is 0. The van der Waals surface area contributed by atoms with Gasteiger partial charge >= 0.3 is 0 Å². The van der Waals surface area contributed by atoms with E-state index >= 15 is 0 Å². The van der Waals surface area contributed by atoms with E-state index in [4.69, 9.17) is 10.5 Å². The Balaban J connectivity index is 0.00000392. The summed E-state index contributed by atoms with van der Waals surface area (Å²) in [5.74, 6) is -0.158. The maximum absolute atomic E-state index is 12.9. The lowest BCUT2D eigenvalue weighted by atomic mass is 9.93. The van der Waals surface area contributed by atoms with Crippen molar-refractivity contribution in [3.8, 4) is 0 Å². The van der Waals surface area contributed by atoms with Gasteiger partial charge in [0.05, 0.1) is 17.1 Å². The topological polar surface area (TPSA) is 92.9 Å². The molecule has 1 fully saturated rings. The molecule has 1 aromatic carbocycles. The fourth-order valence-corrected chi connectivity index (χ4v) is 4.83. The lowest BCUT2D eigenvalue weighted by Gasteiger charge is -2.34. The van der Waals surface area contributed by atoms with Gasteiger partial charge in [-0.3, -0.25) is 4.79 Å². The van der Waals surface area contributed by atoms with Crippen LogP contribution in [0.5, 0.6) is 0 Å². The van der Waals surface area contributed by atoms with Crippen molar-refractivity contribution in [2.45, 2.75) is 44.8 Å². The second kappa shape index (κ2) is 9.54. The number of morpholine rings is 1. The zero-order valence-corrected chi connectivity index (χ0v) is 18.8. The second-order valence-electron chi connectivity index (χ2n) is 8.13. The molecule has 0 aromatic heterocycles. The minimum atomic E-state index is -3.61. The fourth-order valence-electron chi connectivity index (χ4n) is 3.24. The van der Waals surface area contributed by atoms with Gasteiger partial charge in [-0.2, -0.15) is 4.31 Å². The first-order valence-corrected chi connectivity index (χ1v) is 10.6. The summed E-state index contributed by atoms with van der Waals surface area (Å²) in [6.45, 7) is 9.35. The molecule has 2 atom stereocenters. The number of nitrogens with zero attached hydrogens (tertiary/aromatic N) is 2. The Morgan fingerprint density at radius 2 is 1.71 bits per heavy atom. The van der Waals surface area contributed by atoms with Crippen molar-refractivity contribution in [2.75, 3.05) is 33.2 Å². The highest BCUT2D eigenvalue weighted by molar-refractivity contribution is 7.89. The van der Waals surface area contributed by atoms with Crippen LogP contribution < -0.4 is 5.73 Å². The molecule has 1 heterocycles. The number of carbonyl (C=O) groups excluding carboxylic acids is 1. The van der Waals surface area contributed by atoms with Crippen molar-refractivity contribution in [2.24, 2.45) is 11.1 Å². The third-order valence-electron chi connectivity index (χ3n) is 4.69. The lowest BCUT2D eigenvalue weighted by Crippen LogP contribution is -2.48. The number of nitrogens with two attached hydrogens (primary N) is 1. The SMILES string of the molecule is CC1CN(S(=O)(=O)c2ccc(C(=O)N(C)CC(C)(C)CN)cc2)CC(C)O1.Cl.